The first-order valence-electron chi connectivity index (χ1n) is 6.41. The minimum absolute atomic E-state index is 0.0637. The number of anilines is 1. The molecule has 0 aliphatic carbocycles. The van der Waals surface area contributed by atoms with E-state index in [1.54, 1.807) is 6.20 Å². The van der Waals surface area contributed by atoms with Gasteiger partial charge in [0, 0.05) is 31.9 Å². The van der Waals surface area contributed by atoms with Crippen LogP contribution < -0.4 is 10.6 Å². The molecule has 1 aliphatic heterocycles. The fraction of sp³-hybridized carbons (Fsp3) is 0.538. The summed E-state index contributed by atoms with van der Waals surface area (Å²) in [6.07, 6.45) is 4.31. The van der Waals surface area contributed by atoms with E-state index in [-0.39, 0.29) is 5.84 Å². The normalized spacial score (nSPS) is 15.8. The molecule has 98 valence electrons. The van der Waals surface area contributed by atoms with Crippen molar-refractivity contribution in [2.75, 3.05) is 38.1 Å². The molecule has 0 spiro atoms. The summed E-state index contributed by atoms with van der Waals surface area (Å²) < 4.78 is 0. The van der Waals surface area contributed by atoms with Crippen LogP contribution in [-0.4, -0.2) is 48.9 Å². The predicted molar refractivity (Wildman–Crippen MR) is 74.2 cm³/mol. The van der Waals surface area contributed by atoms with Crippen LogP contribution >= 0.6 is 0 Å². The number of rotatable bonds is 5. The van der Waals surface area contributed by atoms with Gasteiger partial charge >= 0.3 is 0 Å². The molecule has 5 heteroatoms. The zero-order valence-electron chi connectivity index (χ0n) is 10.9. The van der Waals surface area contributed by atoms with Crippen molar-refractivity contribution in [2.45, 2.75) is 12.8 Å². The molecule has 2 rings (SSSR count). The van der Waals surface area contributed by atoms with Gasteiger partial charge in [0.2, 0.25) is 0 Å². The Hall–Kier alpha value is -1.62. The third-order valence-electron chi connectivity index (χ3n) is 3.40. The van der Waals surface area contributed by atoms with Gasteiger partial charge in [-0.2, -0.15) is 0 Å². The van der Waals surface area contributed by atoms with Gasteiger partial charge in [0.1, 0.15) is 11.7 Å². The van der Waals surface area contributed by atoms with Gasteiger partial charge in [0.05, 0.1) is 0 Å². The quantitative estimate of drug-likeness (QED) is 0.599. The molecular weight excluding hydrogens is 226 g/mol. The first kappa shape index (κ1) is 12.8. The van der Waals surface area contributed by atoms with Gasteiger partial charge in [-0.25, -0.2) is 4.98 Å². The molecule has 0 aromatic carbocycles. The van der Waals surface area contributed by atoms with Crippen molar-refractivity contribution in [1.82, 2.24) is 9.88 Å². The fourth-order valence-corrected chi connectivity index (χ4v) is 2.18. The molecule has 0 radical (unpaired) electrons. The lowest BCUT2D eigenvalue weighted by Gasteiger charge is -2.22. The number of pyridine rings is 1. The Kier molecular flexibility index (Phi) is 4.15. The Morgan fingerprint density at radius 3 is 2.72 bits per heavy atom. The number of aromatic nitrogens is 1. The number of hydrogen-bond donors (Lipinski definition) is 2. The summed E-state index contributed by atoms with van der Waals surface area (Å²) in [5.74, 6) is 0.993. The van der Waals surface area contributed by atoms with Gasteiger partial charge in [0.25, 0.3) is 0 Å². The van der Waals surface area contributed by atoms with E-state index >= 15 is 0 Å². The maximum atomic E-state index is 7.32. The van der Waals surface area contributed by atoms with Crippen LogP contribution in [0.2, 0.25) is 0 Å². The molecule has 0 amide bonds. The highest BCUT2D eigenvalue weighted by Crippen LogP contribution is 2.11. The first-order chi connectivity index (χ1) is 8.66. The topological polar surface area (TPSA) is 69.2 Å². The SMILES string of the molecule is CN(CCN1CCCC1)c1ccc(C(=N)N)cn1. The molecular formula is C13H21N5. The summed E-state index contributed by atoms with van der Waals surface area (Å²) in [5.41, 5.74) is 6.08. The third kappa shape index (κ3) is 3.20. The molecule has 0 saturated carbocycles. The van der Waals surface area contributed by atoms with Crippen LogP contribution in [0, 0.1) is 5.41 Å². The van der Waals surface area contributed by atoms with Gasteiger partial charge in [-0.3, -0.25) is 5.41 Å². The molecule has 1 saturated heterocycles. The van der Waals surface area contributed by atoms with Gasteiger partial charge < -0.3 is 15.5 Å². The van der Waals surface area contributed by atoms with Crippen LogP contribution in [0.3, 0.4) is 0 Å². The van der Waals surface area contributed by atoms with Crippen molar-refractivity contribution in [3.63, 3.8) is 0 Å². The highest BCUT2D eigenvalue weighted by atomic mass is 15.2. The number of nitrogens with two attached hydrogens (primary N) is 1. The largest absolute Gasteiger partial charge is 0.384 e. The van der Waals surface area contributed by atoms with Crippen LogP contribution in [0.25, 0.3) is 0 Å². The lowest BCUT2D eigenvalue weighted by atomic mass is 10.2. The summed E-state index contributed by atoms with van der Waals surface area (Å²) in [7, 11) is 2.05. The molecule has 5 nitrogen and oxygen atoms in total. The molecule has 0 bridgehead atoms. The summed E-state index contributed by atoms with van der Waals surface area (Å²) in [6, 6.07) is 3.76. The predicted octanol–water partition coefficient (Wildman–Crippen LogP) is 0.898. The highest BCUT2D eigenvalue weighted by Gasteiger charge is 2.12. The summed E-state index contributed by atoms with van der Waals surface area (Å²) >= 11 is 0. The molecule has 18 heavy (non-hydrogen) atoms. The molecule has 2 heterocycles. The molecule has 1 aromatic rings. The van der Waals surface area contributed by atoms with Crippen LogP contribution in [0.4, 0.5) is 5.82 Å². The van der Waals surface area contributed by atoms with Crippen molar-refractivity contribution < 1.29 is 0 Å². The molecule has 1 aliphatic rings. The van der Waals surface area contributed by atoms with E-state index in [9.17, 15) is 0 Å². The molecule has 1 aromatic heterocycles. The van der Waals surface area contributed by atoms with Crippen LogP contribution in [0.1, 0.15) is 18.4 Å². The number of likely N-dealkylation sites (tertiary alicyclic amines) is 1. The second-order valence-electron chi connectivity index (χ2n) is 4.79. The highest BCUT2D eigenvalue weighted by molar-refractivity contribution is 5.94. The Morgan fingerprint density at radius 2 is 2.17 bits per heavy atom. The van der Waals surface area contributed by atoms with E-state index in [1.165, 1.54) is 25.9 Å². The fourth-order valence-electron chi connectivity index (χ4n) is 2.18. The van der Waals surface area contributed by atoms with E-state index < -0.39 is 0 Å². The van der Waals surface area contributed by atoms with E-state index in [1.807, 2.05) is 19.2 Å². The number of likely N-dealkylation sites (N-methyl/N-ethyl adjacent to an activating group) is 1. The Labute approximate surface area is 108 Å². The average Bonchev–Trinajstić information content (AvgIpc) is 2.89. The second kappa shape index (κ2) is 5.82. The maximum absolute atomic E-state index is 7.32. The monoisotopic (exact) mass is 247 g/mol. The first-order valence-corrected chi connectivity index (χ1v) is 6.41. The van der Waals surface area contributed by atoms with Crippen LogP contribution in [0.5, 0.6) is 0 Å². The van der Waals surface area contributed by atoms with Gasteiger partial charge in [-0.15, -0.1) is 0 Å². The van der Waals surface area contributed by atoms with Crippen LogP contribution in [-0.2, 0) is 0 Å². The number of nitrogens with zero attached hydrogens (tertiary/aromatic N) is 3. The van der Waals surface area contributed by atoms with E-state index in [0.29, 0.717) is 5.56 Å². The number of nitrogens with one attached hydrogen (secondary N) is 1. The standard InChI is InChI=1S/C13H21N5/c1-17(8-9-18-6-2-3-7-18)12-5-4-11(10-16-12)13(14)15/h4-5,10H,2-3,6-9H2,1H3,(H3,14,15). The molecule has 1 fully saturated rings. The molecule has 3 N–H and O–H groups in total. The van der Waals surface area contributed by atoms with Gasteiger partial charge in [-0.05, 0) is 38.1 Å². The smallest absolute Gasteiger partial charge is 0.128 e. The van der Waals surface area contributed by atoms with Crippen molar-refractivity contribution >= 4 is 11.7 Å². The Balaban J connectivity index is 1.87. The zero-order valence-corrected chi connectivity index (χ0v) is 10.9. The van der Waals surface area contributed by atoms with E-state index in [0.717, 1.165) is 18.9 Å². The minimum atomic E-state index is 0.0637. The van der Waals surface area contributed by atoms with Crippen LogP contribution in [0.15, 0.2) is 18.3 Å². The van der Waals surface area contributed by atoms with Crippen molar-refractivity contribution in [1.29, 1.82) is 5.41 Å². The van der Waals surface area contributed by atoms with E-state index in [4.69, 9.17) is 11.1 Å². The van der Waals surface area contributed by atoms with E-state index in [2.05, 4.69) is 14.8 Å². The summed E-state index contributed by atoms with van der Waals surface area (Å²) in [5, 5.41) is 7.32. The average molecular weight is 247 g/mol. The number of amidine groups is 1. The second-order valence-corrected chi connectivity index (χ2v) is 4.79. The number of hydrogen-bond acceptors (Lipinski definition) is 4. The Morgan fingerprint density at radius 1 is 1.44 bits per heavy atom. The van der Waals surface area contributed by atoms with Gasteiger partial charge in [-0.1, -0.05) is 0 Å². The summed E-state index contributed by atoms with van der Waals surface area (Å²) in [6.45, 7) is 4.52. The molecule has 0 unspecified atom stereocenters. The van der Waals surface area contributed by atoms with Gasteiger partial charge in [0.15, 0.2) is 0 Å². The lowest BCUT2D eigenvalue weighted by Crippen LogP contribution is -2.31. The van der Waals surface area contributed by atoms with Crippen molar-refractivity contribution in [3.8, 4) is 0 Å². The molecule has 0 atom stereocenters. The zero-order chi connectivity index (χ0) is 13.0. The summed E-state index contributed by atoms with van der Waals surface area (Å²) in [4.78, 5) is 8.96. The number of nitrogen functional groups attached to an aromatic ring is 1. The Bertz CT molecular complexity index is 394. The van der Waals surface area contributed by atoms with Crippen molar-refractivity contribution in [3.05, 3.63) is 23.9 Å². The van der Waals surface area contributed by atoms with Crippen molar-refractivity contribution in [2.24, 2.45) is 5.73 Å². The third-order valence-corrected chi connectivity index (χ3v) is 3.40. The maximum Gasteiger partial charge on any atom is 0.128 e. The minimum Gasteiger partial charge on any atom is -0.384 e. The lowest BCUT2D eigenvalue weighted by molar-refractivity contribution is 0.346.